The molecule has 0 saturated heterocycles. The Labute approximate surface area is 127 Å². The molecule has 0 aliphatic carbocycles. The van der Waals surface area contributed by atoms with Crippen LogP contribution in [0.15, 0.2) is 35.7 Å². The molecule has 0 unspecified atom stereocenters. The van der Waals surface area contributed by atoms with Crippen molar-refractivity contribution in [2.45, 2.75) is 6.18 Å². The Kier molecular flexibility index (Phi) is 4.51. The second-order valence-corrected chi connectivity index (χ2v) is 5.10. The summed E-state index contributed by atoms with van der Waals surface area (Å²) in [6, 6.07) is 5.82. The number of rotatable bonds is 3. The molecule has 1 N–H and O–H groups in total. The molecule has 1 amide bonds. The molecule has 0 spiro atoms. The first kappa shape index (κ1) is 16.0. The lowest BCUT2D eigenvalue weighted by Gasteiger charge is -2.11. The second-order valence-electron chi connectivity index (χ2n) is 4.19. The number of methoxy groups -OCH3 is 1. The van der Waals surface area contributed by atoms with Crippen molar-refractivity contribution in [2.24, 2.45) is 0 Å². The normalized spacial score (nSPS) is 11.1. The number of esters is 1. The van der Waals surface area contributed by atoms with Gasteiger partial charge in [-0.2, -0.15) is 13.2 Å². The van der Waals surface area contributed by atoms with Crippen molar-refractivity contribution in [1.29, 1.82) is 0 Å². The van der Waals surface area contributed by atoms with Crippen molar-refractivity contribution in [1.82, 2.24) is 0 Å². The Balaban J connectivity index is 2.23. The molecule has 4 nitrogen and oxygen atoms in total. The molecule has 2 rings (SSSR count). The molecule has 0 radical (unpaired) electrons. The van der Waals surface area contributed by atoms with Crippen molar-refractivity contribution in [2.75, 3.05) is 12.4 Å². The molecule has 1 heterocycles. The lowest BCUT2D eigenvalue weighted by Crippen LogP contribution is -2.18. The van der Waals surface area contributed by atoms with Crippen LogP contribution in [0.1, 0.15) is 26.3 Å². The van der Waals surface area contributed by atoms with Crippen LogP contribution in [-0.2, 0) is 10.9 Å². The van der Waals surface area contributed by atoms with E-state index >= 15 is 0 Å². The summed E-state index contributed by atoms with van der Waals surface area (Å²) in [6.07, 6.45) is -4.62. The number of alkyl halides is 3. The quantitative estimate of drug-likeness (QED) is 0.871. The molecular formula is C14H10F3NO3S. The fourth-order valence-electron chi connectivity index (χ4n) is 1.73. The fraction of sp³-hybridized carbons (Fsp3) is 0.143. The first-order chi connectivity index (χ1) is 10.3. The highest BCUT2D eigenvalue weighted by molar-refractivity contribution is 7.14. The van der Waals surface area contributed by atoms with Crippen LogP contribution in [0.2, 0.25) is 0 Å². The first-order valence-electron chi connectivity index (χ1n) is 5.97. The summed E-state index contributed by atoms with van der Waals surface area (Å²) >= 11 is 1.02. The van der Waals surface area contributed by atoms with Crippen molar-refractivity contribution < 1.29 is 27.5 Å². The SMILES string of the molecule is COC(=O)c1csc(NC(=O)c2ccccc2C(F)(F)F)c1. The van der Waals surface area contributed by atoms with E-state index in [9.17, 15) is 22.8 Å². The van der Waals surface area contributed by atoms with E-state index in [1.54, 1.807) is 0 Å². The molecule has 22 heavy (non-hydrogen) atoms. The number of hydrogen-bond acceptors (Lipinski definition) is 4. The summed E-state index contributed by atoms with van der Waals surface area (Å²) in [5.74, 6) is -1.49. The van der Waals surface area contributed by atoms with Crippen molar-refractivity contribution in [3.63, 3.8) is 0 Å². The third-order valence-corrected chi connectivity index (χ3v) is 3.58. The van der Waals surface area contributed by atoms with Gasteiger partial charge < -0.3 is 10.1 Å². The molecule has 2 aromatic rings. The number of anilines is 1. The molecule has 0 saturated carbocycles. The third kappa shape index (κ3) is 3.45. The topological polar surface area (TPSA) is 55.4 Å². The van der Waals surface area contributed by atoms with Gasteiger partial charge in [0.2, 0.25) is 0 Å². The van der Waals surface area contributed by atoms with E-state index in [0.29, 0.717) is 0 Å². The highest BCUT2D eigenvalue weighted by Gasteiger charge is 2.34. The third-order valence-electron chi connectivity index (χ3n) is 2.73. The number of thiophene rings is 1. The minimum atomic E-state index is -4.62. The molecule has 0 atom stereocenters. The van der Waals surface area contributed by atoms with Crippen molar-refractivity contribution >= 4 is 28.2 Å². The van der Waals surface area contributed by atoms with E-state index < -0.39 is 29.2 Å². The Morgan fingerprint density at radius 2 is 1.91 bits per heavy atom. The maximum Gasteiger partial charge on any atom is 0.417 e. The highest BCUT2D eigenvalue weighted by Crippen LogP contribution is 2.32. The monoisotopic (exact) mass is 329 g/mol. The molecular weight excluding hydrogens is 319 g/mol. The lowest BCUT2D eigenvalue weighted by atomic mass is 10.1. The predicted molar refractivity (Wildman–Crippen MR) is 75.1 cm³/mol. The lowest BCUT2D eigenvalue weighted by molar-refractivity contribution is -0.137. The van der Waals surface area contributed by atoms with Gasteiger partial charge in [0.25, 0.3) is 5.91 Å². The number of carbonyl (C=O) groups is 2. The van der Waals surface area contributed by atoms with Gasteiger partial charge in [-0.1, -0.05) is 12.1 Å². The van der Waals surface area contributed by atoms with Gasteiger partial charge in [-0.05, 0) is 18.2 Å². The summed E-state index contributed by atoms with van der Waals surface area (Å²) in [5, 5.41) is 4.04. The number of amides is 1. The van der Waals surface area contributed by atoms with Crippen molar-refractivity contribution in [3.8, 4) is 0 Å². The molecule has 0 bridgehead atoms. The smallest absolute Gasteiger partial charge is 0.417 e. The van der Waals surface area contributed by atoms with E-state index in [1.165, 1.54) is 30.7 Å². The maximum atomic E-state index is 12.9. The summed E-state index contributed by atoms with van der Waals surface area (Å²) < 4.78 is 43.1. The number of hydrogen-bond donors (Lipinski definition) is 1. The van der Waals surface area contributed by atoms with Gasteiger partial charge in [0.1, 0.15) is 0 Å². The molecule has 116 valence electrons. The summed E-state index contributed by atoms with van der Waals surface area (Å²) in [4.78, 5) is 23.3. The summed E-state index contributed by atoms with van der Waals surface area (Å²) in [5.41, 5.74) is -1.29. The zero-order chi connectivity index (χ0) is 16.3. The highest BCUT2D eigenvalue weighted by atomic mass is 32.1. The standard InChI is InChI=1S/C14H10F3NO3S/c1-21-13(20)8-6-11(22-7-8)18-12(19)9-4-2-3-5-10(9)14(15,16)17/h2-7H,1H3,(H,18,19). The van der Waals surface area contributed by atoms with Crippen LogP contribution in [0.5, 0.6) is 0 Å². The minimum Gasteiger partial charge on any atom is -0.465 e. The van der Waals surface area contributed by atoms with E-state index in [1.807, 2.05) is 0 Å². The van der Waals surface area contributed by atoms with Crippen LogP contribution in [0, 0.1) is 0 Å². The number of halogens is 3. The summed E-state index contributed by atoms with van der Waals surface area (Å²) in [6.45, 7) is 0. The van der Waals surface area contributed by atoms with Crippen LogP contribution < -0.4 is 5.32 Å². The van der Waals surface area contributed by atoms with E-state index in [2.05, 4.69) is 10.1 Å². The second kappa shape index (κ2) is 6.18. The van der Waals surface area contributed by atoms with Crippen LogP contribution in [0.3, 0.4) is 0 Å². The zero-order valence-electron chi connectivity index (χ0n) is 11.2. The van der Waals surface area contributed by atoms with Gasteiger partial charge in [0.15, 0.2) is 0 Å². The molecule has 0 aliphatic heterocycles. The first-order valence-corrected chi connectivity index (χ1v) is 6.85. The number of benzene rings is 1. The molecule has 0 fully saturated rings. The Bertz CT molecular complexity index is 709. The van der Waals surface area contributed by atoms with Crippen LogP contribution >= 0.6 is 11.3 Å². The van der Waals surface area contributed by atoms with Gasteiger partial charge in [0, 0.05) is 5.38 Å². The van der Waals surface area contributed by atoms with Gasteiger partial charge in [0.05, 0.1) is 28.8 Å². The van der Waals surface area contributed by atoms with E-state index in [0.717, 1.165) is 23.5 Å². The van der Waals surface area contributed by atoms with E-state index in [4.69, 9.17) is 0 Å². The molecule has 1 aromatic heterocycles. The average Bonchev–Trinajstić information content (AvgIpc) is 2.94. The minimum absolute atomic E-state index is 0.215. The maximum absolute atomic E-state index is 12.9. The van der Waals surface area contributed by atoms with Gasteiger partial charge >= 0.3 is 12.1 Å². The van der Waals surface area contributed by atoms with Gasteiger partial charge in [-0.25, -0.2) is 4.79 Å². The Morgan fingerprint density at radius 3 is 2.55 bits per heavy atom. The summed E-state index contributed by atoms with van der Waals surface area (Å²) in [7, 11) is 1.21. The Hall–Kier alpha value is -2.35. The van der Waals surface area contributed by atoms with Crippen LogP contribution in [0.25, 0.3) is 0 Å². The fourth-order valence-corrected chi connectivity index (χ4v) is 2.50. The van der Waals surface area contributed by atoms with Crippen molar-refractivity contribution in [3.05, 3.63) is 52.4 Å². The van der Waals surface area contributed by atoms with Crippen LogP contribution in [-0.4, -0.2) is 19.0 Å². The van der Waals surface area contributed by atoms with Gasteiger partial charge in [-0.15, -0.1) is 11.3 Å². The number of carbonyl (C=O) groups excluding carboxylic acids is 2. The molecule has 8 heteroatoms. The molecule has 1 aromatic carbocycles. The van der Waals surface area contributed by atoms with Gasteiger partial charge in [-0.3, -0.25) is 4.79 Å². The Morgan fingerprint density at radius 1 is 1.23 bits per heavy atom. The predicted octanol–water partition coefficient (Wildman–Crippen LogP) is 3.81. The largest absolute Gasteiger partial charge is 0.465 e. The number of ether oxygens (including phenoxy) is 1. The van der Waals surface area contributed by atoms with E-state index in [-0.39, 0.29) is 10.6 Å². The average molecular weight is 329 g/mol. The van der Waals surface area contributed by atoms with Crippen LogP contribution in [0.4, 0.5) is 18.2 Å². The number of nitrogens with one attached hydrogen (secondary N) is 1. The molecule has 0 aliphatic rings. The zero-order valence-corrected chi connectivity index (χ0v) is 12.0.